The smallest absolute Gasteiger partial charge is 0.407 e. The highest BCUT2D eigenvalue weighted by Crippen LogP contribution is 2.04. The maximum atomic E-state index is 12.1. The molecule has 0 rings (SSSR count). The minimum Gasteiger partial charge on any atom is -0.464 e. The molecule has 0 saturated carbocycles. The van der Waals surface area contributed by atoms with Crippen LogP contribution in [0.25, 0.3) is 0 Å². The van der Waals surface area contributed by atoms with Crippen molar-refractivity contribution in [2.45, 2.75) is 44.6 Å². The second-order valence-electron chi connectivity index (χ2n) is 5.99. The maximum Gasteiger partial charge on any atom is 0.407 e. The highest BCUT2D eigenvalue weighted by molar-refractivity contribution is 5.81. The van der Waals surface area contributed by atoms with Crippen LogP contribution in [0.4, 0.5) is 9.59 Å². The Balaban J connectivity index is 4.23. The quantitative estimate of drug-likeness (QED) is 0.129. The molecule has 11 heteroatoms. The van der Waals surface area contributed by atoms with E-state index in [1.165, 1.54) is 0 Å². The second kappa shape index (κ2) is 18.3. The summed E-state index contributed by atoms with van der Waals surface area (Å²) in [6.45, 7) is 2.28. The monoisotopic (exact) mass is 405 g/mol. The van der Waals surface area contributed by atoms with E-state index >= 15 is 0 Å². The summed E-state index contributed by atoms with van der Waals surface area (Å²) in [5.41, 5.74) is 16.0. The van der Waals surface area contributed by atoms with E-state index < -0.39 is 24.2 Å². The van der Waals surface area contributed by atoms with E-state index in [4.69, 9.17) is 31.4 Å². The molecule has 0 aromatic rings. The molecule has 0 aromatic heterocycles. The first-order chi connectivity index (χ1) is 13.5. The molecule has 1 atom stereocenters. The standard InChI is InChI=1S/C17H35N5O6/c18-7-3-11-26-15(23)14(22-17(25)28-13-5-9-20)6-1-2-10-21-16(24)27-12-4-8-19/h14H,1-13,18-20H2,(H,21,24)(H,22,25)/t14-/m0/s1. The predicted molar refractivity (Wildman–Crippen MR) is 103 cm³/mol. The fourth-order valence-corrected chi connectivity index (χ4v) is 2.00. The Labute approximate surface area is 166 Å². The van der Waals surface area contributed by atoms with Gasteiger partial charge in [0, 0.05) is 6.54 Å². The maximum absolute atomic E-state index is 12.1. The van der Waals surface area contributed by atoms with Gasteiger partial charge in [0.05, 0.1) is 19.8 Å². The van der Waals surface area contributed by atoms with E-state index in [0.717, 1.165) is 0 Å². The first-order valence-electron chi connectivity index (χ1n) is 9.65. The number of hydrogen-bond donors (Lipinski definition) is 5. The summed E-state index contributed by atoms with van der Waals surface area (Å²) in [4.78, 5) is 35.3. The van der Waals surface area contributed by atoms with Crippen molar-refractivity contribution in [3.8, 4) is 0 Å². The van der Waals surface area contributed by atoms with Crippen molar-refractivity contribution in [3.63, 3.8) is 0 Å². The number of carbonyl (C=O) groups is 3. The van der Waals surface area contributed by atoms with E-state index in [0.29, 0.717) is 64.7 Å². The lowest BCUT2D eigenvalue weighted by molar-refractivity contribution is -0.146. The lowest BCUT2D eigenvalue weighted by Crippen LogP contribution is -2.42. The van der Waals surface area contributed by atoms with Gasteiger partial charge in [0.25, 0.3) is 0 Å². The van der Waals surface area contributed by atoms with Crippen LogP contribution in [0, 0.1) is 0 Å². The second-order valence-corrected chi connectivity index (χ2v) is 5.99. The molecule has 0 spiro atoms. The largest absolute Gasteiger partial charge is 0.464 e. The van der Waals surface area contributed by atoms with E-state index in [2.05, 4.69) is 10.6 Å². The van der Waals surface area contributed by atoms with Gasteiger partial charge < -0.3 is 42.0 Å². The van der Waals surface area contributed by atoms with Crippen LogP contribution in [0.2, 0.25) is 0 Å². The van der Waals surface area contributed by atoms with Crippen LogP contribution in [0.5, 0.6) is 0 Å². The summed E-state index contributed by atoms with van der Waals surface area (Å²) >= 11 is 0. The van der Waals surface area contributed by atoms with Gasteiger partial charge in [0.15, 0.2) is 0 Å². The van der Waals surface area contributed by atoms with Gasteiger partial charge in [0.2, 0.25) is 0 Å². The Bertz CT molecular complexity index is 438. The Kier molecular flexibility index (Phi) is 16.9. The summed E-state index contributed by atoms with van der Waals surface area (Å²) in [5, 5.41) is 5.11. The molecule has 0 unspecified atom stereocenters. The summed E-state index contributed by atoms with van der Waals surface area (Å²) in [7, 11) is 0. The number of nitrogens with two attached hydrogens (primary N) is 3. The normalized spacial score (nSPS) is 11.4. The Morgan fingerprint density at radius 3 is 1.82 bits per heavy atom. The third kappa shape index (κ3) is 15.0. The molecule has 164 valence electrons. The molecule has 0 bridgehead atoms. The third-order valence-corrected chi connectivity index (χ3v) is 3.52. The molecule has 0 fully saturated rings. The SMILES string of the molecule is NCCCOC(=O)NCCCC[C@H](NC(=O)OCCCN)C(=O)OCCCN. The number of amides is 2. The highest BCUT2D eigenvalue weighted by atomic mass is 16.6. The van der Waals surface area contributed by atoms with Crippen LogP contribution in [-0.4, -0.2) is 70.2 Å². The molecule has 28 heavy (non-hydrogen) atoms. The van der Waals surface area contributed by atoms with Crippen LogP contribution in [0.15, 0.2) is 0 Å². The summed E-state index contributed by atoms with van der Waals surface area (Å²) in [6, 6.07) is -0.834. The first kappa shape index (κ1) is 25.9. The Hall–Kier alpha value is -2.11. The number of ether oxygens (including phenoxy) is 3. The molecule has 2 amide bonds. The van der Waals surface area contributed by atoms with E-state index in [1.54, 1.807) is 0 Å². The molecule has 8 N–H and O–H groups in total. The predicted octanol–water partition coefficient (Wildman–Crippen LogP) is -0.433. The zero-order valence-corrected chi connectivity index (χ0v) is 16.5. The number of nitrogens with one attached hydrogen (secondary N) is 2. The molecule has 0 aromatic carbocycles. The molecule has 11 nitrogen and oxygen atoms in total. The molecule has 0 aliphatic heterocycles. The highest BCUT2D eigenvalue weighted by Gasteiger charge is 2.22. The average molecular weight is 405 g/mol. The van der Waals surface area contributed by atoms with Gasteiger partial charge in [-0.05, 0) is 58.2 Å². The van der Waals surface area contributed by atoms with E-state index in [9.17, 15) is 14.4 Å². The van der Waals surface area contributed by atoms with Gasteiger partial charge in [-0.3, -0.25) is 0 Å². The van der Waals surface area contributed by atoms with Crippen LogP contribution in [0.3, 0.4) is 0 Å². The van der Waals surface area contributed by atoms with Crippen LogP contribution >= 0.6 is 0 Å². The fourth-order valence-electron chi connectivity index (χ4n) is 2.00. The number of unbranched alkanes of at least 4 members (excludes halogenated alkanes) is 1. The molecule has 0 aliphatic rings. The number of hydrogen-bond acceptors (Lipinski definition) is 9. The molecular formula is C17H35N5O6. The van der Waals surface area contributed by atoms with Gasteiger partial charge in [-0.1, -0.05) is 0 Å². The average Bonchev–Trinajstić information content (AvgIpc) is 2.67. The number of esters is 1. The van der Waals surface area contributed by atoms with E-state index in [1.807, 2.05) is 0 Å². The zero-order valence-electron chi connectivity index (χ0n) is 16.5. The summed E-state index contributed by atoms with van der Waals surface area (Å²) in [5.74, 6) is -0.543. The Morgan fingerprint density at radius 2 is 1.25 bits per heavy atom. The molecular weight excluding hydrogens is 370 g/mol. The van der Waals surface area contributed by atoms with Crippen molar-refractivity contribution in [1.82, 2.24) is 10.6 Å². The van der Waals surface area contributed by atoms with Crippen molar-refractivity contribution < 1.29 is 28.6 Å². The summed E-state index contributed by atoms with van der Waals surface area (Å²) < 4.78 is 15.0. The topological polar surface area (TPSA) is 181 Å². The lowest BCUT2D eigenvalue weighted by atomic mass is 10.1. The molecule has 0 radical (unpaired) electrons. The first-order valence-corrected chi connectivity index (χ1v) is 9.65. The third-order valence-electron chi connectivity index (χ3n) is 3.52. The Morgan fingerprint density at radius 1 is 0.714 bits per heavy atom. The van der Waals surface area contributed by atoms with Gasteiger partial charge in [0.1, 0.15) is 6.04 Å². The van der Waals surface area contributed by atoms with Crippen molar-refractivity contribution in [1.29, 1.82) is 0 Å². The van der Waals surface area contributed by atoms with Gasteiger partial charge in [-0.2, -0.15) is 0 Å². The van der Waals surface area contributed by atoms with Gasteiger partial charge in [-0.15, -0.1) is 0 Å². The fraction of sp³-hybridized carbons (Fsp3) is 0.824. The van der Waals surface area contributed by atoms with Crippen molar-refractivity contribution in [2.24, 2.45) is 17.2 Å². The van der Waals surface area contributed by atoms with Crippen molar-refractivity contribution in [3.05, 3.63) is 0 Å². The van der Waals surface area contributed by atoms with Crippen molar-refractivity contribution in [2.75, 3.05) is 46.0 Å². The number of alkyl carbamates (subject to hydrolysis) is 2. The molecule has 0 saturated heterocycles. The number of rotatable bonds is 16. The minimum absolute atomic E-state index is 0.174. The number of carbonyl (C=O) groups excluding carboxylic acids is 3. The molecule has 0 aliphatic carbocycles. The minimum atomic E-state index is -0.834. The zero-order chi connectivity index (χ0) is 21.0. The van der Waals surface area contributed by atoms with E-state index in [-0.39, 0.29) is 19.8 Å². The van der Waals surface area contributed by atoms with Crippen molar-refractivity contribution >= 4 is 18.2 Å². The van der Waals surface area contributed by atoms with Crippen LogP contribution in [0.1, 0.15) is 38.5 Å². The van der Waals surface area contributed by atoms with Crippen LogP contribution in [-0.2, 0) is 19.0 Å². The van der Waals surface area contributed by atoms with Gasteiger partial charge in [-0.25, -0.2) is 14.4 Å². The molecule has 0 heterocycles. The van der Waals surface area contributed by atoms with Crippen LogP contribution < -0.4 is 27.8 Å². The lowest BCUT2D eigenvalue weighted by Gasteiger charge is -2.17. The summed E-state index contributed by atoms with van der Waals surface area (Å²) in [6.07, 6.45) is 1.99. The van der Waals surface area contributed by atoms with Gasteiger partial charge >= 0.3 is 18.2 Å².